The van der Waals surface area contributed by atoms with Gasteiger partial charge in [0.25, 0.3) is 0 Å². The average Bonchev–Trinajstić information content (AvgIpc) is 3.28. The van der Waals surface area contributed by atoms with Gasteiger partial charge in [0.15, 0.2) is 5.82 Å². The van der Waals surface area contributed by atoms with Crippen LogP contribution in [0.2, 0.25) is 0 Å². The summed E-state index contributed by atoms with van der Waals surface area (Å²) in [5.74, 6) is 2.42. The summed E-state index contributed by atoms with van der Waals surface area (Å²) in [7, 11) is 0. The molecule has 0 amide bonds. The quantitative estimate of drug-likeness (QED) is 0.718. The van der Waals surface area contributed by atoms with Crippen LogP contribution in [0.1, 0.15) is 5.69 Å². The molecule has 0 N–H and O–H groups in total. The summed E-state index contributed by atoms with van der Waals surface area (Å²) in [6, 6.07) is 20.6. The summed E-state index contributed by atoms with van der Waals surface area (Å²) in [5, 5.41) is 8.95. The second-order valence-corrected chi connectivity index (χ2v) is 7.58. The van der Waals surface area contributed by atoms with Crippen molar-refractivity contribution in [3.8, 4) is 11.3 Å². The predicted molar refractivity (Wildman–Crippen MR) is 106 cm³/mol. The molecule has 5 nitrogen and oxygen atoms in total. The molecule has 0 unspecified atom stereocenters. The second-order valence-electron chi connectivity index (χ2n) is 7.58. The van der Waals surface area contributed by atoms with E-state index in [1.165, 1.54) is 0 Å². The Morgan fingerprint density at radius 3 is 2.22 bits per heavy atom. The monoisotopic (exact) mass is 357 g/mol. The highest BCUT2D eigenvalue weighted by Gasteiger charge is 2.40. The van der Waals surface area contributed by atoms with Crippen LogP contribution in [-0.2, 0) is 6.54 Å². The molecule has 0 spiro atoms. The zero-order valence-electron chi connectivity index (χ0n) is 15.3. The smallest absolute Gasteiger partial charge is 0.151 e. The van der Waals surface area contributed by atoms with Gasteiger partial charge in [-0.05, 0) is 36.1 Å². The Hall–Kier alpha value is -2.79. The van der Waals surface area contributed by atoms with Crippen molar-refractivity contribution < 1.29 is 0 Å². The Labute approximate surface area is 159 Å². The van der Waals surface area contributed by atoms with Gasteiger partial charge >= 0.3 is 0 Å². The summed E-state index contributed by atoms with van der Waals surface area (Å²) < 4.78 is 0. The van der Waals surface area contributed by atoms with Crippen molar-refractivity contribution in [3.05, 3.63) is 72.6 Å². The van der Waals surface area contributed by atoms with E-state index in [0.29, 0.717) is 11.8 Å². The fourth-order valence-corrected chi connectivity index (χ4v) is 4.38. The van der Waals surface area contributed by atoms with Gasteiger partial charge in [-0.2, -0.15) is 0 Å². The normalized spacial score (nSPS) is 22.1. The number of anilines is 1. The van der Waals surface area contributed by atoms with Crippen molar-refractivity contribution in [3.63, 3.8) is 0 Å². The minimum absolute atomic E-state index is 0.712. The number of fused-ring (bicyclic) bond motifs is 1. The zero-order chi connectivity index (χ0) is 18.1. The molecule has 2 aliphatic heterocycles. The number of rotatable bonds is 4. The Morgan fingerprint density at radius 2 is 1.56 bits per heavy atom. The van der Waals surface area contributed by atoms with Gasteiger partial charge in [-0.1, -0.05) is 36.4 Å². The zero-order valence-corrected chi connectivity index (χ0v) is 15.3. The Kier molecular flexibility index (Phi) is 4.30. The van der Waals surface area contributed by atoms with Crippen LogP contribution in [0.15, 0.2) is 66.9 Å². The third-order valence-corrected chi connectivity index (χ3v) is 5.72. The molecule has 2 atom stereocenters. The largest absolute Gasteiger partial charge is 0.354 e. The summed E-state index contributed by atoms with van der Waals surface area (Å²) in [6.45, 7) is 5.39. The highest BCUT2D eigenvalue weighted by atomic mass is 15.3. The second kappa shape index (κ2) is 7.08. The van der Waals surface area contributed by atoms with Crippen molar-refractivity contribution in [2.45, 2.75) is 6.54 Å². The lowest BCUT2D eigenvalue weighted by atomic mass is 10.0. The Morgan fingerprint density at radius 1 is 0.778 bits per heavy atom. The number of aromatic nitrogens is 3. The van der Waals surface area contributed by atoms with Crippen molar-refractivity contribution in [1.29, 1.82) is 0 Å². The first-order chi connectivity index (χ1) is 13.3. The number of hydrogen-bond acceptors (Lipinski definition) is 5. The van der Waals surface area contributed by atoms with Gasteiger partial charge in [0.1, 0.15) is 0 Å². The molecule has 5 heteroatoms. The van der Waals surface area contributed by atoms with E-state index in [0.717, 1.165) is 55.5 Å². The molecule has 2 saturated heterocycles. The molecule has 0 bridgehead atoms. The lowest BCUT2D eigenvalue weighted by molar-refractivity contribution is 0.305. The van der Waals surface area contributed by atoms with Crippen molar-refractivity contribution in [2.75, 3.05) is 31.1 Å². The maximum atomic E-state index is 4.50. The highest BCUT2D eigenvalue weighted by Crippen LogP contribution is 2.33. The number of nitrogens with zero attached hydrogens (tertiary/aromatic N) is 5. The molecule has 2 aromatic heterocycles. The van der Waals surface area contributed by atoms with Gasteiger partial charge in [-0.25, -0.2) is 0 Å². The third-order valence-electron chi connectivity index (χ3n) is 5.72. The van der Waals surface area contributed by atoms with Gasteiger partial charge in [0, 0.05) is 44.5 Å². The molecule has 1 aromatic carbocycles. The summed E-state index contributed by atoms with van der Waals surface area (Å²) in [4.78, 5) is 9.40. The van der Waals surface area contributed by atoms with Crippen molar-refractivity contribution >= 4 is 5.82 Å². The van der Waals surface area contributed by atoms with Gasteiger partial charge in [0.05, 0.1) is 11.4 Å². The van der Waals surface area contributed by atoms with E-state index in [4.69, 9.17) is 0 Å². The van der Waals surface area contributed by atoms with Crippen LogP contribution in [0.5, 0.6) is 0 Å². The molecule has 136 valence electrons. The molecule has 0 aliphatic carbocycles. The molecule has 0 saturated carbocycles. The van der Waals surface area contributed by atoms with E-state index in [9.17, 15) is 0 Å². The lowest BCUT2D eigenvalue weighted by Crippen LogP contribution is -2.29. The molecular weight excluding hydrogens is 334 g/mol. The molecule has 2 fully saturated rings. The predicted octanol–water partition coefficient (Wildman–Crippen LogP) is 3.11. The van der Waals surface area contributed by atoms with Gasteiger partial charge < -0.3 is 4.90 Å². The molecule has 2 aliphatic rings. The van der Waals surface area contributed by atoms with E-state index in [-0.39, 0.29) is 0 Å². The average molecular weight is 357 g/mol. The molecule has 27 heavy (non-hydrogen) atoms. The first-order valence-corrected chi connectivity index (χ1v) is 9.61. The maximum Gasteiger partial charge on any atom is 0.151 e. The Balaban J connectivity index is 1.21. The number of pyridine rings is 1. The van der Waals surface area contributed by atoms with Crippen molar-refractivity contribution in [1.82, 2.24) is 20.1 Å². The Bertz CT molecular complexity index is 868. The van der Waals surface area contributed by atoms with Crippen LogP contribution >= 0.6 is 0 Å². The van der Waals surface area contributed by atoms with Crippen LogP contribution in [-0.4, -0.2) is 46.3 Å². The SMILES string of the molecule is c1ccc(-c2ccc(N3C[C@H]4CN(Cc5ccccn5)C[C@H]4C3)nn2)cc1. The van der Waals surface area contributed by atoms with Gasteiger partial charge in [-0.15, -0.1) is 10.2 Å². The first kappa shape index (κ1) is 16.4. The molecule has 0 radical (unpaired) electrons. The standard InChI is InChI=1S/C22H23N5/c1-2-6-17(7-3-1)21-9-10-22(25-24-21)27-14-18-12-26(13-19(18)15-27)16-20-8-4-5-11-23-20/h1-11,18-19H,12-16H2/t18-,19+. The molecular formula is C22H23N5. The minimum atomic E-state index is 0.712. The number of benzene rings is 1. The van der Waals surface area contributed by atoms with E-state index in [1.54, 1.807) is 0 Å². The number of likely N-dealkylation sites (tertiary alicyclic amines) is 1. The van der Waals surface area contributed by atoms with E-state index < -0.39 is 0 Å². The van der Waals surface area contributed by atoms with E-state index in [2.05, 4.69) is 61.4 Å². The topological polar surface area (TPSA) is 45.2 Å². The van der Waals surface area contributed by atoms with Crippen LogP contribution in [0, 0.1) is 11.8 Å². The first-order valence-electron chi connectivity index (χ1n) is 9.61. The van der Waals surface area contributed by atoms with Crippen molar-refractivity contribution in [2.24, 2.45) is 11.8 Å². The molecule has 3 aromatic rings. The molecule has 5 rings (SSSR count). The summed E-state index contributed by atoms with van der Waals surface area (Å²) in [5.41, 5.74) is 3.21. The van der Waals surface area contributed by atoms with Crippen LogP contribution in [0.25, 0.3) is 11.3 Å². The molecule has 4 heterocycles. The fraction of sp³-hybridized carbons (Fsp3) is 0.318. The van der Waals surface area contributed by atoms with E-state index >= 15 is 0 Å². The summed E-state index contributed by atoms with van der Waals surface area (Å²) in [6.07, 6.45) is 1.88. The fourth-order valence-electron chi connectivity index (χ4n) is 4.38. The minimum Gasteiger partial charge on any atom is -0.354 e. The van der Waals surface area contributed by atoms with Crippen LogP contribution in [0.4, 0.5) is 5.82 Å². The lowest BCUT2D eigenvalue weighted by Gasteiger charge is -2.21. The summed E-state index contributed by atoms with van der Waals surface area (Å²) >= 11 is 0. The third kappa shape index (κ3) is 3.43. The highest BCUT2D eigenvalue weighted by molar-refractivity contribution is 5.59. The van der Waals surface area contributed by atoms with Gasteiger partial charge in [-0.3, -0.25) is 9.88 Å². The van der Waals surface area contributed by atoms with Crippen LogP contribution in [0.3, 0.4) is 0 Å². The van der Waals surface area contributed by atoms with Gasteiger partial charge in [0.2, 0.25) is 0 Å². The number of hydrogen-bond donors (Lipinski definition) is 0. The maximum absolute atomic E-state index is 4.50. The van der Waals surface area contributed by atoms with Crippen LogP contribution < -0.4 is 4.90 Å². The van der Waals surface area contributed by atoms with E-state index in [1.807, 2.05) is 30.5 Å².